The SMILES string of the molecule is CNC(=O)c1cc2ccccc2cc1CC(F)(F)F. The standard InChI is InChI=1S/C14H12F3NO/c1-18-13(19)12-7-10-5-3-2-4-9(10)6-11(12)8-14(15,16)17/h2-7H,8H2,1H3,(H,18,19). The van der Waals surface area contributed by atoms with Gasteiger partial charge in [0, 0.05) is 12.6 Å². The molecule has 0 saturated heterocycles. The predicted octanol–water partition coefficient (Wildman–Crippen LogP) is 3.30. The number of hydrogen-bond donors (Lipinski definition) is 1. The van der Waals surface area contributed by atoms with Crippen LogP contribution < -0.4 is 5.32 Å². The molecule has 1 N–H and O–H groups in total. The van der Waals surface area contributed by atoms with Gasteiger partial charge in [0.25, 0.3) is 5.91 Å². The van der Waals surface area contributed by atoms with Gasteiger partial charge < -0.3 is 5.32 Å². The van der Waals surface area contributed by atoms with Crippen molar-refractivity contribution in [3.8, 4) is 0 Å². The Bertz CT molecular complexity index is 620. The lowest BCUT2D eigenvalue weighted by Gasteiger charge is -2.12. The van der Waals surface area contributed by atoms with Crippen molar-refractivity contribution in [3.63, 3.8) is 0 Å². The highest BCUT2D eigenvalue weighted by molar-refractivity contribution is 6.00. The molecule has 2 aromatic rings. The largest absolute Gasteiger partial charge is 0.393 e. The molecular formula is C14H12F3NO. The molecule has 0 saturated carbocycles. The Labute approximate surface area is 108 Å². The number of carbonyl (C=O) groups excluding carboxylic acids is 1. The van der Waals surface area contributed by atoms with Gasteiger partial charge in [-0.25, -0.2) is 0 Å². The van der Waals surface area contributed by atoms with E-state index in [2.05, 4.69) is 5.32 Å². The van der Waals surface area contributed by atoms with Crippen LogP contribution in [0.2, 0.25) is 0 Å². The normalized spacial score (nSPS) is 11.6. The van der Waals surface area contributed by atoms with Gasteiger partial charge >= 0.3 is 6.18 Å². The summed E-state index contributed by atoms with van der Waals surface area (Å²) in [4.78, 5) is 11.7. The maximum Gasteiger partial charge on any atom is 0.393 e. The maximum atomic E-state index is 12.6. The molecule has 0 aromatic heterocycles. The third-order valence-corrected chi connectivity index (χ3v) is 2.83. The van der Waals surface area contributed by atoms with Crippen LogP contribution in [0.15, 0.2) is 36.4 Å². The van der Waals surface area contributed by atoms with Crippen molar-refractivity contribution >= 4 is 16.7 Å². The zero-order valence-corrected chi connectivity index (χ0v) is 10.2. The van der Waals surface area contributed by atoms with E-state index in [1.165, 1.54) is 19.2 Å². The first-order valence-corrected chi connectivity index (χ1v) is 5.71. The lowest BCUT2D eigenvalue weighted by molar-refractivity contribution is -0.127. The van der Waals surface area contributed by atoms with Crippen LogP contribution in [0.1, 0.15) is 15.9 Å². The Kier molecular flexibility index (Phi) is 3.46. The molecule has 100 valence electrons. The molecule has 0 radical (unpaired) electrons. The van der Waals surface area contributed by atoms with E-state index in [0.717, 1.165) is 5.39 Å². The van der Waals surface area contributed by atoms with E-state index in [4.69, 9.17) is 0 Å². The van der Waals surface area contributed by atoms with Crippen molar-refractivity contribution < 1.29 is 18.0 Å². The first kappa shape index (κ1) is 13.4. The van der Waals surface area contributed by atoms with Crippen LogP contribution in [0.5, 0.6) is 0 Å². The van der Waals surface area contributed by atoms with Crippen LogP contribution >= 0.6 is 0 Å². The third-order valence-electron chi connectivity index (χ3n) is 2.83. The monoisotopic (exact) mass is 267 g/mol. The summed E-state index contributed by atoms with van der Waals surface area (Å²) in [6.45, 7) is 0. The Hall–Kier alpha value is -2.04. The maximum absolute atomic E-state index is 12.6. The molecule has 0 unspecified atom stereocenters. The smallest absolute Gasteiger partial charge is 0.355 e. The average molecular weight is 267 g/mol. The van der Waals surface area contributed by atoms with Crippen LogP contribution in [0.3, 0.4) is 0 Å². The van der Waals surface area contributed by atoms with Gasteiger partial charge in [0.1, 0.15) is 0 Å². The molecule has 2 nitrogen and oxygen atoms in total. The number of fused-ring (bicyclic) bond motifs is 1. The minimum absolute atomic E-state index is 0.00875. The molecule has 0 aliphatic rings. The lowest BCUT2D eigenvalue weighted by atomic mass is 9.98. The topological polar surface area (TPSA) is 29.1 Å². The van der Waals surface area contributed by atoms with Crippen molar-refractivity contribution in [2.24, 2.45) is 0 Å². The third kappa shape index (κ3) is 3.05. The summed E-state index contributed by atoms with van der Waals surface area (Å²) >= 11 is 0. The first-order chi connectivity index (χ1) is 8.90. The van der Waals surface area contributed by atoms with Crippen molar-refractivity contribution in [3.05, 3.63) is 47.5 Å². The van der Waals surface area contributed by atoms with E-state index >= 15 is 0 Å². The molecule has 5 heteroatoms. The van der Waals surface area contributed by atoms with E-state index in [0.29, 0.717) is 5.39 Å². The summed E-state index contributed by atoms with van der Waals surface area (Å²) in [5.41, 5.74) is 0.0593. The Morgan fingerprint density at radius 2 is 1.74 bits per heavy atom. The molecule has 0 spiro atoms. The van der Waals surface area contributed by atoms with Crippen molar-refractivity contribution in [2.45, 2.75) is 12.6 Å². The zero-order chi connectivity index (χ0) is 14.0. The molecule has 0 atom stereocenters. The van der Waals surface area contributed by atoms with E-state index in [1.54, 1.807) is 24.3 Å². The van der Waals surface area contributed by atoms with Crippen LogP contribution in [-0.4, -0.2) is 19.1 Å². The molecule has 2 rings (SSSR count). The molecule has 2 aromatic carbocycles. The lowest BCUT2D eigenvalue weighted by Crippen LogP contribution is -2.22. The highest BCUT2D eigenvalue weighted by atomic mass is 19.4. The van der Waals surface area contributed by atoms with Gasteiger partial charge in [0.15, 0.2) is 0 Å². The van der Waals surface area contributed by atoms with Crippen LogP contribution in [0.4, 0.5) is 13.2 Å². The fourth-order valence-corrected chi connectivity index (χ4v) is 2.00. The van der Waals surface area contributed by atoms with Crippen LogP contribution in [0.25, 0.3) is 10.8 Å². The molecule has 0 aliphatic heterocycles. The van der Waals surface area contributed by atoms with Crippen molar-refractivity contribution in [2.75, 3.05) is 7.05 Å². The van der Waals surface area contributed by atoms with Gasteiger partial charge in [-0.15, -0.1) is 0 Å². The second kappa shape index (κ2) is 4.91. The predicted molar refractivity (Wildman–Crippen MR) is 67.1 cm³/mol. The number of hydrogen-bond acceptors (Lipinski definition) is 1. The van der Waals surface area contributed by atoms with Gasteiger partial charge in [0.2, 0.25) is 0 Å². The molecule has 0 fully saturated rings. The number of halogens is 3. The van der Waals surface area contributed by atoms with Gasteiger partial charge in [0.05, 0.1) is 6.42 Å². The van der Waals surface area contributed by atoms with Gasteiger partial charge in [-0.3, -0.25) is 4.79 Å². The summed E-state index contributed by atoms with van der Waals surface area (Å²) in [6.07, 6.45) is -5.45. The minimum Gasteiger partial charge on any atom is -0.355 e. The number of rotatable bonds is 2. The van der Waals surface area contributed by atoms with Crippen LogP contribution in [0, 0.1) is 0 Å². The Morgan fingerprint density at radius 1 is 1.16 bits per heavy atom. The molecule has 0 heterocycles. The van der Waals surface area contributed by atoms with Gasteiger partial charge in [-0.1, -0.05) is 30.3 Å². The number of carbonyl (C=O) groups is 1. The van der Waals surface area contributed by atoms with E-state index < -0.39 is 18.5 Å². The second-order valence-corrected chi connectivity index (χ2v) is 4.23. The highest BCUT2D eigenvalue weighted by Gasteiger charge is 2.30. The van der Waals surface area contributed by atoms with Crippen molar-refractivity contribution in [1.29, 1.82) is 0 Å². The number of nitrogens with one attached hydrogen (secondary N) is 1. The summed E-state index contributed by atoms with van der Waals surface area (Å²) < 4.78 is 37.7. The number of benzene rings is 2. The highest BCUT2D eigenvalue weighted by Crippen LogP contribution is 2.27. The first-order valence-electron chi connectivity index (χ1n) is 5.71. The van der Waals surface area contributed by atoms with Crippen LogP contribution in [-0.2, 0) is 6.42 Å². The van der Waals surface area contributed by atoms with Crippen molar-refractivity contribution in [1.82, 2.24) is 5.32 Å². The molecule has 19 heavy (non-hydrogen) atoms. The van der Waals surface area contributed by atoms with Gasteiger partial charge in [-0.2, -0.15) is 13.2 Å². The quantitative estimate of drug-likeness (QED) is 0.888. The van der Waals surface area contributed by atoms with Gasteiger partial charge in [-0.05, 0) is 22.4 Å². The summed E-state index contributed by atoms with van der Waals surface area (Å²) in [5, 5.41) is 3.80. The minimum atomic E-state index is -4.34. The average Bonchev–Trinajstić information content (AvgIpc) is 2.35. The second-order valence-electron chi connectivity index (χ2n) is 4.23. The summed E-state index contributed by atoms with van der Waals surface area (Å²) in [5.74, 6) is -0.509. The fourth-order valence-electron chi connectivity index (χ4n) is 2.00. The molecule has 1 amide bonds. The fraction of sp³-hybridized carbons (Fsp3) is 0.214. The summed E-state index contributed by atoms with van der Waals surface area (Å²) in [7, 11) is 1.40. The van der Waals surface area contributed by atoms with E-state index in [-0.39, 0.29) is 11.1 Å². The number of alkyl halides is 3. The summed E-state index contributed by atoms with van der Waals surface area (Å²) in [6, 6.07) is 9.93. The van der Waals surface area contributed by atoms with E-state index in [9.17, 15) is 18.0 Å². The number of amides is 1. The molecule has 0 bridgehead atoms. The molecular weight excluding hydrogens is 255 g/mol. The Balaban J connectivity index is 2.60. The Morgan fingerprint density at radius 3 is 2.26 bits per heavy atom. The zero-order valence-electron chi connectivity index (χ0n) is 10.2. The molecule has 0 aliphatic carbocycles. The van der Waals surface area contributed by atoms with E-state index in [1.807, 2.05) is 0 Å².